The van der Waals surface area contributed by atoms with E-state index < -0.39 is 5.00 Å². The average molecular weight is 216 g/mol. The fourth-order valence-corrected chi connectivity index (χ4v) is 0.950. The predicted octanol–water partition coefficient (Wildman–Crippen LogP) is 1.69. The smallest absolute Gasteiger partial charge is 0.228 e. The summed E-state index contributed by atoms with van der Waals surface area (Å²) < 4.78 is 0. The molecule has 0 saturated carbocycles. The molecule has 1 aromatic heterocycles. The zero-order valence-electron chi connectivity index (χ0n) is 8.50. The van der Waals surface area contributed by atoms with Crippen LogP contribution in [0.5, 0.6) is 0 Å². The molecule has 1 aromatic rings. The molecule has 2 N–H and O–H groups in total. The van der Waals surface area contributed by atoms with Crippen LogP contribution in [0, 0.1) is 0 Å². The van der Waals surface area contributed by atoms with Crippen LogP contribution in [0.3, 0.4) is 0 Å². The first-order chi connectivity index (χ1) is 6.51. The Labute approximate surface area is 88.3 Å². The van der Waals surface area contributed by atoms with Gasteiger partial charge < -0.3 is 10.6 Å². The molecule has 0 spiro atoms. The monoisotopic (exact) mass is 215 g/mol. The van der Waals surface area contributed by atoms with Crippen LogP contribution in [0.2, 0.25) is 0 Å². The van der Waals surface area contributed by atoms with Gasteiger partial charge in [-0.15, -0.1) is 0 Å². The van der Waals surface area contributed by atoms with Gasteiger partial charge in [0.05, 0.1) is 0 Å². The highest BCUT2D eigenvalue weighted by Crippen LogP contribution is 2.14. The lowest BCUT2D eigenvalue weighted by atomic mass is 10.4. The fourth-order valence-electron chi connectivity index (χ4n) is 0.866. The molecule has 0 aliphatic heterocycles. The summed E-state index contributed by atoms with van der Waals surface area (Å²) in [6, 6.07) is 0. The van der Waals surface area contributed by atoms with Crippen LogP contribution in [-0.2, 0) is 0 Å². The second kappa shape index (κ2) is 4.41. The molecule has 0 aliphatic carbocycles. The topological polar surface area (TPSA) is 62.7 Å². The lowest BCUT2D eigenvalue weighted by Gasteiger charge is -2.17. The standard InChI is InChI=1S/C8H14ClN5/c1-4-10-6-11-5-12-7(13-6)14-8(2,3)9/h5H,4H2,1-3H3,(H2,10,11,12,13,14). The van der Waals surface area contributed by atoms with Gasteiger partial charge in [-0.3, -0.25) is 0 Å². The minimum absolute atomic E-state index is 0.468. The number of aromatic nitrogens is 3. The van der Waals surface area contributed by atoms with E-state index in [9.17, 15) is 0 Å². The highest BCUT2D eigenvalue weighted by atomic mass is 35.5. The molecule has 0 saturated heterocycles. The summed E-state index contributed by atoms with van der Waals surface area (Å²) in [7, 11) is 0. The van der Waals surface area contributed by atoms with Crippen molar-refractivity contribution in [3.63, 3.8) is 0 Å². The van der Waals surface area contributed by atoms with Crippen LogP contribution in [0.4, 0.5) is 11.9 Å². The van der Waals surface area contributed by atoms with Crippen LogP contribution in [-0.4, -0.2) is 26.5 Å². The molecule has 0 fully saturated rings. The second-order valence-corrected chi connectivity index (χ2v) is 4.21. The average Bonchev–Trinajstić information content (AvgIpc) is 2.02. The number of hydrogen-bond acceptors (Lipinski definition) is 5. The summed E-state index contributed by atoms with van der Waals surface area (Å²) in [5.41, 5.74) is 0. The number of halogens is 1. The summed E-state index contributed by atoms with van der Waals surface area (Å²) in [6.07, 6.45) is 1.44. The van der Waals surface area contributed by atoms with Crippen molar-refractivity contribution < 1.29 is 0 Å². The van der Waals surface area contributed by atoms with Crippen molar-refractivity contribution in [2.45, 2.75) is 25.8 Å². The predicted molar refractivity (Wildman–Crippen MR) is 57.5 cm³/mol. The van der Waals surface area contributed by atoms with Crippen LogP contribution < -0.4 is 10.6 Å². The van der Waals surface area contributed by atoms with Gasteiger partial charge in [0.25, 0.3) is 0 Å². The molecule has 1 rings (SSSR count). The largest absolute Gasteiger partial charge is 0.354 e. The van der Waals surface area contributed by atoms with E-state index in [1.54, 1.807) is 0 Å². The minimum atomic E-state index is -0.565. The lowest BCUT2D eigenvalue weighted by molar-refractivity contribution is 0.786. The third-order valence-corrected chi connectivity index (χ3v) is 1.41. The molecule has 0 bridgehead atoms. The molecule has 5 nitrogen and oxygen atoms in total. The van der Waals surface area contributed by atoms with Crippen molar-refractivity contribution in [2.24, 2.45) is 0 Å². The molecule has 0 amide bonds. The summed E-state index contributed by atoms with van der Waals surface area (Å²) in [5.74, 6) is 1.02. The quantitative estimate of drug-likeness (QED) is 0.591. The van der Waals surface area contributed by atoms with Gasteiger partial charge >= 0.3 is 0 Å². The third-order valence-electron chi connectivity index (χ3n) is 1.32. The van der Waals surface area contributed by atoms with E-state index in [-0.39, 0.29) is 0 Å². The Morgan fingerprint density at radius 1 is 1.36 bits per heavy atom. The van der Waals surface area contributed by atoms with Crippen molar-refractivity contribution in [3.8, 4) is 0 Å². The Bertz CT molecular complexity index is 296. The van der Waals surface area contributed by atoms with Crippen LogP contribution in [0.1, 0.15) is 20.8 Å². The van der Waals surface area contributed by atoms with Crippen molar-refractivity contribution in [1.29, 1.82) is 0 Å². The maximum atomic E-state index is 5.97. The Morgan fingerprint density at radius 3 is 2.57 bits per heavy atom. The van der Waals surface area contributed by atoms with Crippen LogP contribution >= 0.6 is 11.6 Å². The third kappa shape index (κ3) is 3.74. The molecule has 0 atom stereocenters. The van der Waals surface area contributed by atoms with Crippen molar-refractivity contribution >= 4 is 23.5 Å². The van der Waals surface area contributed by atoms with Gasteiger partial charge in [0.15, 0.2) is 0 Å². The number of rotatable bonds is 4. The molecule has 1 heterocycles. The summed E-state index contributed by atoms with van der Waals surface area (Å²) in [5, 5.41) is 5.93. The minimum Gasteiger partial charge on any atom is -0.354 e. The zero-order chi connectivity index (χ0) is 10.6. The van der Waals surface area contributed by atoms with Gasteiger partial charge in [0.2, 0.25) is 11.9 Å². The van der Waals surface area contributed by atoms with Crippen molar-refractivity contribution in [3.05, 3.63) is 6.33 Å². The molecule has 14 heavy (non-hydrogen) atoms. The normalized spacial score (nSPS) is 11.1. The van der Waals surface area contributed by atoms with E-state index >= 15 is 0 Å². The van der Waals surface area contributed by atoms with Crippen molar-refractivity contribution in [1.82, 2.24) is 15.0 Å². The first-order valence-corrected chi connectivity index (χ1v) is 4.79. The zero-order valence-corrected chi connectivity index (χ0v) is 9.26. The molecule has 0 aromatic carbocycles. The summed E-state index contributed by atoms with van der Waals surface area (Å²) in [6.45, 7) is 6.40. The van der Waals surface area contributed by atoms with Crippen LogP contribution in [0.25, 0.3) is 0 Å². The molecule has 0 aliphatic rings. The van der Waals surface area contributed by atoms with Crippen LogP contribution in [0.15, 0.2) is 6.33 Å². The fraction of sp³-hybridized carbons (Fsp3) is 0.625. The summed E-state index contributed by atoms with van der Waals surface area (Å²) in [4.78, 5) is 11.4. The molecule has 6 heteroatoms. The highest BCUT2D eigenvalue weighted by Gasteiger charge is 2.13. The molecule has 78 valence electrons. The Hall–Kier alpha value is -1.10. The first-order valence-electron chi connectivity index (χ1n) is 4.41. The number of nitrogens with zero attached hydrogens (tertiary/aromatic N) is 3. The Balaban J connectivity index is 2.73. The maximum Gasteiger partial charge on any atom is 0.228 e. The lowest BCUT2D eigenvalue weighted by Crippen LogP contribution is -2.24. The van der Waals surface area contributed by atoms with Gasteiger partial charge in [-0.1, -0.05) is 11.6 Å². The SMILES string of the molecule is CCNc1ncnc(NC(C)(C)Cl)n1. The van der Waals surface area contributed by atoms with E-state index in [0.29, 0.717) is 11.9 Å². The number of nitrogens with one attached hydrogen (secondary N) is 2. The van der Waals surface area contributed by atoms with Gasteiger partial charge in [-0.05, 0) is 20.8 Å². The summed E-state index contributed by atoms with van der Waals surface area (Å²) >= 11 is 5.97. The first kappa shape index (κ1) is 11.0. The molecular formula is C8H14ClN5. The Kier molecular flexibility index (Phi) is 3.46. The highest BCUT2D eigenvalue weighted by molar-refractivity contribution is 6.24. The molecule has 0 unspecified atom stereocenters. The van der Waals surface area contributed by atoms with E-state index in [2.05, 4.69) is 25.6 Å². The molecular weight excluding hydrogens is 202 g/mol. The van der Waals surface area contributed by atoms with Gasteiger partial charge in [-0.2, -0.15) is 4.98 Å². The maximum absolute atomic E-state index is 5.97. The second-order valence-electron chi connectivity index (χ2n) is 3.26. The van der Waals surface area contributed by atoms with E-state index in [4.69, 9.17) is 11.6 Å². The molecule has 0 radical (unpaired) electrons. The van der Waals surface area contributed by atoms with Gasteiger partial charge in [0.1, 0.15) is 11.3 Å². The van der Waals surface area contributed by atoms with E-state index in [1.807, 2.05) is 20.8 Å². The van der Waals surface area contributed by atoms with E-state index in [1.165, 1.54) is 6.33 Å². The Morgan fingerprint density at radius 2 is 2.00 bits per heavy atom. The number of hydrogen-bond donors (Lipinski definition) is 2. The number of alkyl halides is 1. The van der Waals surface area contributed by atoms with E-state index in [0.717, 1.165) is 6.54 Å². The van der Waals surface area contributed by atoms with Crippen molar-refractivity contribution in [2.75, 3.05) is 17.2 Å². The van der Waals surface area contributed by atoms with Gasteiger partial charge in [-0.25, -0.2) is 9.97 Å². The van der Waals surface area contributed by atoms with Gasteiger partial charge in [0, 0.05) is 6.54 Å². The number of anilines is 2.